The fourth-order valence-electron chi connectivity index (χ4n) is 1.69. The molecule has 0 aromatic heterocycles. The normalized spacial score (nSPS) is 11.7. The van der Waals surface area contributed by atoms with Crippen LogP contribution in [0.5, 0.6) is 0 Å². The van der Waals surface area contributed by atoms with E-state index in [2.05, 4.69) is 41.7 Å². The molecule has 1 aromatic carbocycles. The molecule has 4 nitrogen and oxygen atoms in total. The van der Waals surface area contributed by atoms with Crippen molar-refractivity contribution in [3.05, 3.63) is 29.8 Å². The number of hydrogen-bond acceptors (Lipinski definition) is 2. The van der Waals surface area contributed by atoms with Crippen molar-refractivity contribution < 1.29 is 9.69 Å². The molecule has 0 aliphatic heterocycles. The molecule has 5 heteroatoms. The molecule has 0 amide bonds. The largest absolute Gasteiger partial charge is 0.412 e. The third-order valence-electron chi connectivity index (χ3n) is 2.52. The number of aryl methyl sites for hydroxylation is 1. The van der Waals surface area contributed by atoms with Gasteiger partial charge in [-0.1, -0.05) is 18.2 Å². The highest BCUT2D eigenvalue weighted by Crippen LogP contribution is 2.18. The lowest BCUT2D eigenvalue weighted by Crippen LogP contribution is -2.32. The summed E-state index contributed by atoms with van der Waals surface area (Å²) in [6, 6.07) is 8.34. The van der Waals surface area contributed by atoms with Crippen LogP contribution >= 0.6 is 0 Å². The molecule has 17 heavy (non-hydrogen) atoms. The van der Waals surface area contributed by atoms with Crippen LogP contribution in [-0.2, 0) is 11.0 Å². The highest BCUT2D eigenvalue weighted by Gasteiger charge is 2.05. The highest BCUT2D eigenvalue weighted by molar-refractivity contribution is 7.82. The molecule has 0 radical (unpaired) electrons. The molecular weight excluding hydrogens is 236 g/mol. The van der Waals surface area contributed by atoms with Gasteiger partial charge in [0.1, 0.15) is 0 Å². The van der Waals surface area contributed by atoms with Crippen LogP contribution in [0.3, 0.4) is 0 Å². The highest BCUT2D eigenvalue weighted by atomic mass is 32.2. The van der Waals surface area contributed by atoms with Gasteiger partial charge >= 0.3 is 0 Å². The van der Waals surface area contributed by atoms with Gasteiger partial charge in [-0.2, -0.15) is 0 Å². The molecule has 0 saturated carbocycles. The van der Waals surface area contributed by atoms with E-state index in [-0.39, 0.29) is 5.48 Å². The van der Waals surface area contributed by atoms with Crippen molar-refractivity contribution in [2.75, 3.05) is 30.8 Å². The molecule has 1 unspecified atom stereocenters. The molecular formula is C12H22N2O2S. The Morgan fingerprint density at radius 2 is 2.00 bits per heavy atom. The minimum Gasteiger partial charge on any atom is -0.412 e. The van der Waals surface area contributed by atoms with E-state index in [9.17, 15) is 4.21 Å². The summed E-state index contributed by atoms with van der Waals surface area (Å²) < 4.78 is 13.8. The van der Waals surface area contributed by atoms with Gasteiger partial charge in [0.15, 0.2) is 0 Å². The van der Waals surface area contributed by atoms with Crippen molar-refractivity contribution in [1.29, 1.82) is 0 Å². The van der Waals surface area contributed by atoms with Gasteiger partial charge in [0, 0.05) is 31.6 Å². The molecule has 0 fully saturated rings. The number of rotatable bonds is 6. The van der Waals surface area contributed by atoms with Crippen LogP contribution < -0.4 is 9.62 Å². The van der Waals surface area contributed by atoms with E-state index in [0.29, 0.717) is 0 Å². The number of nitrogens with zero attached hydrogens (tertiary/aromatic N) is 1. The van der Waals surface area contributed by atoms with Crippen LogP contribution in [0.1, 0.15) is 12.5 Å². The number of likely N-dealkylation sites (N-methyl/N-ethyl adjacent to an activating group) is 1. The third kappa shape index (κ3) is 5.30. The summed E-state index contributed by atoms with van der Waals surface area (Å²) in [5, 5.41) is 0. The molecule has 0 heterocycles. The summed E-state index contributed by atoms with van der Waals surface area (Å²) in [6.07, 6.45) is 1.66. The lowest BCUT2D eigenvalue weighted by atomic mass is 10.2. The van der Waals surface area contributed by atoms with E-state index in [1.165, 1.54) is 11.3 Å². The Morgan fingerprint density at radius 1 is 1.35 bits per heavy atom. The molecule has 0 bridgehead atoms. The Labute approximate surface area is 106 Å². The summed E-state index contributed by atoms with van der Waals surface area (Å²) in [5.41, 5.74) is 2.54. The Balaban J connectivity index is 0.00000256. The maximum Gasteiger partial charge on any atom is 0.0884 e. The molecule has 1 rings (SSSR count). The van der Waals surface area contributed by atoms with Gasteiger partial charge in [-0.3, -0.25) is 0 Å². The van der Waals surface area contributed by atoms with Gasteiger partial charge in [0.05, 0.1) is 11.0 Å². The first-order chi connectivity index (χ1) is 7.65. The average Bonchev–Trinajstić information content (AvgIpc) is 2.25. The first-order valence-corrected chi connectivity index (χ1v) is 7.08. The molecule has 0 aliphatic rings. The number of benzene rings is 1. The van der Waals surface area contributed by atoms with E-state index in [4.69, 9.17) is 0 Å². The fourth-order valence-corrected chi connectivity index (χ4v) is 2.07. The zero-order valence-corrected chi connectivity index (χ0v) is 11.5. The smallest absolute Gasteiger partial charge is 0.0884 e. The Bertz CT molecular complexity index is 358. The van der Waals surface area contributed by atoms with E-state index < -0.39 is 11.0 Å². The second kappa shape index (κ2) is 8.22. The van der Waals surface area contributed by atoms with E-state index >= 15 is 0 Å². The Morgan fingerprint density at radius 3 is 2.53 bits per heavy atom. The van der Waals surface area contributed by atoms with Gasteiger partial charge in [0.25, 0.3) is 0 Å². The van der Waals surface area contributed by atoms with Crippen molar-refractivity contribution in [3.8, 4) is 0 Å². The number of hydrogen-bond donors (Lipinski definition) is 1. The molecule has 0 spiro atoms. The van der Waals surface area contributed by atoms with Gasteiger partial charge in [-0.25, -0.2) is 8.93 Å². The number of para-hydroxylation sites is 1. The molecule has 1 aromatic rings. The van der Waals surface area contributed by atoms with Crippen LogP contribution in [0, 0.1) is 6.92 Å². The lowest BCUT2D eigenvalue weighted by molar-refractivity contribution is 0.673. The summed E-state index contributed by atoms with van der Waals surface area (Å²) >= 11 is 0. The van der Waals surface area contributed by atoms with Crippen LogP contribution in [0.2, 0.25) is 0 Å². The summed E-state index contributed by atoms with van der Waals surface area (Å²) in [6.45, 7) is 6.83. The average molecular weight is 258 g/mol. The van der Waals surface area contributed by atoms with E-state index in [1.54, 1.807) is 6.26 Å². The summed E-state index contributed by atoms with van der Waals surface area (Å²) in [4.78, 5) is 2.29. The lowest BCUT2D eigenvalue weighted by Gasteiger charge is -2.24. The van der Waals surface area contributed by atoms with Crippen molar-refractivity contribution in [2.24, 2.45) is 0 Å². The number of anilines is 1. The topological polar surface area (TPSA) is 63.8 Å². The van der Waals surface area contributed by atoms with Gasteiger partial charge < -0.3 is 10.4 Å². The second-order valence-electron chi connectivity index (χ2n) is 3.71. The van der Waals surface area contributed by atoms with Crippen LogP contribution in [0.15, 0.2) is 24.3 Å². The fraction of sp³-hybridized carbons (Fsp3) is 0.500. The second-order valence-corrected chi connectivity index (χ2v) is 4.91. The monoisotopic (exact) mass is 258 g/mol. The Kier molecular flexibility index (Phi) is 7.78. The predicted molar refractivity (Wildman–Crippen MR) is 74.7 cm³/mol. The third-order valence-corrected chi connectivity index (χ3v) is 3.14. The molecule has 0 saturated heterocycles. The Hall–Kier alpha value is -0.910. The van der Waals surface area contributed by atoms with Crippen molar-refractivity contribution in [3.63, 3.8) is 0 Å². The zero-order valence-electron chi connectivity index (χ0n) is 10.7. The standard InChI is InChI=1S/C12H20N2OS.H2O/c1-4-14(10-9-13-16(3)15)12-8-6-5-7-11(12)2;/h5-8,13H,4,9-10H2,1-3H3;1H2. The minimum atomic E-state index is -0.922. The maximum atomic E-state index is 10.9. The van der Waals surface area contributed by atoms with Crippen molar-refractivity contribution >= 4 is 16.7 Å². The van der Waals surface area contributed by atoms with Crippen LogP contribution in [0.4, 0.5) is 5.69 Å². The van der Waals surface area contributed by atoms with Crippen LogP contribution in [-0.4, -0.2) is 35.6 Å². The van der Waals surface area contributed by atoms with Gasteiger partial charge in [-0.15, -0.1) is 0 Å². The summed E-state index contributed by atoms with van der Waals surface area (Å²) in [7, 11) is -0.922. The van der Waals surface area contributed by atoms with E-state index in [1.807, 2.05) is 6.07 Å². The van der Waals surface area contributed by atoms with Crippen LogP contribution in [0.25, 0.3) is 0 Å². The minimum absolute atomic E-state index is 0. The summed E-state index contributed by atoms with van der Waals surface area (Å²) in [5.74, 6) is 0. The quantitative estimate of drug-likeness (QED) is 0.823. The maximum absolute atomic E-state index is 10.9. The molecule has 0 aliphatic carbocycles. The number of nitrogens with one attached hydrogen (secondary N) is 1. The predicted octanol–water partition coefficient (Wildman–Crippen LogP) is 0.880. The van der Waals surface area contributed by atoms with Gasteiger partial charge in [-0.05, 0) is 25.5 Å². The first kappa shape index (κ1) is 16.1. The van der Waals surface area contributed by atoms with Gasteiger partial charge in [0.2, 0.25) is 0 Å². The molecule has 1 atom stereocenters. The van der Waals surface area contributed by atoms with Crippen molar-refractivity contribution in [2.45, 2.75) is 13.8 Å². The molecule has 3 N–H and O–H groups in total. The zero-order chi connectivity index (χ0) is 12.0. The van der Waals surface area contributed by atoms with E-state index in [0.717, 1.165) is 19.6 Å². The molecule has 98 valence electrons. The van der Waals surface area contributed by atoms with Crippen molar-refractivity contribution in [1.82, 2.24) is 4.72 Å². The SMILES string of the molecule is CCN(CCNS(C)=O)c1ccccc1C.O. The first-order valence-electron chi connectivity index (χ1n) is 5.52.